The largest absolute Gasteiger partial charge is 0.385 e. The zero-order valence-electron chi connectivity index (χ0n) is 19.1. The summed E-state index contributed by atoms with van der Waals surface area (Å²) >= 11 is 0. The van der Waals surface area contributed by atoms with E-state index in [1.54, 1.807) is 55.6 Å². The first-order valence-corrected chi connectivity index (χ1v) is 11.4. The van der Waals surface area contributed by atoms with Gasteiger partial charge in [0.25, 0.3) is 11.8 Å². The number of nitrogens with one attached hydrogen (secondary N) is 3. The zero-order valence-corrected chi connectivity index (χ0v) is 19.1. The van der Waals surface area contributed by atoms with Crippen molar-refractivity contribution < 1.29 is 19.1 Å². The molecule has 2 aromatic carbocycles. The summed E-state index contributed by atoms with van der Waals surface area (Å²) in [7, 11) is 1.62. The number of ether oxygens (including phenoxy) is 1. The molecule has 0 aromatic heterocycles. The van der Waals surface area contributed by atoms with Crippen molar-refractivity contribution in [2.24, 2.45) is 0 Å². The van der Waals surface area contributed by atoms with Gasteiger partial charge in [-0.3, -0.25) is 14.4 Å². The van der Waals surface area contributed by atoms with Crippen LogP contribution in [0.25, 0.3) is 0 Å². The minimum Gasteiger partial charge on any atom is -0.385 e. The maximum absolute atomic E-state index is 12.7. The topological polar surface area (TPSA) is 99.8 Å². The molecule has 0 radical (unpaired) electrons. The second-order valence-corrected chi connectivity index (χ2v) is 8.02. The van der Waals surface area contributed by atoms with Crippen LogP contribution in [0.3, 0.4) is 0 Å². The van der Waals surface area contributed by atoms with Gasteiger partial charge in [0.05, 0.1) is 6.54 Å². The van der Waals surface area contributed by atoms with Gasteiger partial charge in [0.15, 0.2) is 0 Å². The summed E-state index contributed by atoms with van der Waals surface area (Å²) in [6.07, 6.45) is 3.97. The van der Waals surface area contributed by atoms with E-state index in [1.165, 1.54) is 0 Å². The van der Waals surface area contributed by atoms with E-state index in [4.69, 9.17) is 4.74 Å². The van der Waals surface area contributed by atoms with Crippen LogP contribution in [0.2, 0.25) is 0 Å². The highest BCUT2D eigenvalue weighted by Gasteiger charge is 2.18. The van der Waals surface area contributed by atoms with Crippen molar-refractivity contribution in [3.63, 3.8) is 0 Å². The first kappa shape index (κ1) is 24.3. The number of rotatable bonds is 10. The first-order valence-electron chi connectivity index (χ1n) is 11.4. The highest BCUT2D eigenvalue weighted by molar-refractivity contribution is 5.98. The van der Waals surface area contributed by atoms with Crippen LogP contribution in [-0.2, 0) is 9.53 Å². The van der Waals surface area contributed by atoms with Crippen LogP contribution in [0.1, 0.15) is 46.4 Å². The van der Waals surface area contributed by atoms with E-state index in [2.05, 4.69) is 16.0 Å². The van der Waals surface area contributed by atoms with E-state index < -0.39 is 0 Å². The van der Waals surface area contributed by atoms with Gasteiger partial charge in [0.1, 0.15) is 0 Å². The molecule has 3 amide bonds. The van der Waals surface area contributed by atoms with Crippen molar-refractivity contribution in [1.29, 1.82) is 0 Å². The van der Waals surface area contributed by atoms with Crippen LogP contribution in [0, 0.1) is 0 Å². The van der Waals surface area contributed by atoms with Crippen LogP contribution < -0.4 is 16.0 Å². The van der Waals surface area contributed by atoms with E-state index in [0.29, 0.717) is 35.7 Å². The number of methoxy groups -OCH3 is 1. The number of benzene rings is 2. The summed E-state index contributed by atoms with van der Waals surface area (Å²) in [5.41, 5.74) is 2.34. The Morgan fingerprint density at radius 2 is 1.64 bits per heavy atom. The normalized spacial score (nSPS) is 13.3. The molecule has 0 aliphatic carbocycles. The molecule has 3 rings (SSSR count). The number of anilines is 2. The minimum absolute atomic E-state index is 0.00114. The highest BCUT2D eigenvalue weighted by atomic mass is 16.5. The third kappa shape index (κ3) is 7.61. The van der Waals surface area contributed by atoms with Crippen molar-refractivity contribution >= 4 is 29.1 Å². The monoisotopic (exact) mass is 452 g/mol. The van der Waals surface area contributed by atoms with E-state index in [0.717, 1.165) is 38.8 Å². The van der Waals surface area contributed by atoms with E-state index in [9.17, 15) is 14.4 Å². The molecular formula is C25H32N4O4. The van der Waals surface area contributed by atoms with Gasteiger partial charge in [-0.2, -0.15) is 0 Å². The predicted octanol–water partition coefficient (Wildman–Crippen LogP) is 3.13. The third-order valence-corrected chi connectivity index (χ3v) is 5.43. The Labute approximate surface area is 194 Å². The molecule has 1 heterocycles. The Bertz CT molecular complexity index is 957. The number of piperidine rings is 1. The highest BCUT2D eigenvalue weighted by Crippen LogP contribution is 2.17. The summed E-state index contributed by atoms with van der Waals surface area (Å²) in [6, 6.07) is 14.0. The van der Waals surface area contributed by atoms with E-state index in [-0.39, 0.29) is 24.3 Å². The molecule has 0 bridgehead atoms. The molecule has 0 atom stereocenters. The molecule has 1 aliphatic rings. The average molecular weight is 453 g/mol. The molecule has 2 aromatic rings. The summed E-state index contributed by atoms with van der Waals surface area (Å²) in [5, 5.41) is 8.70. The summed E-state index contributed by atoms with van der Waals surface area (Å²) in [6.45, 7) is 2.72. The first-order chi connectivity index (χ1) is 16.1. The van der Waals surface area contributed by atoms with Crippen LogP contribution >= 0.6 is 0 Å². The smallest absolute Gasteiger partial charge is 0.253 e. The van der Waals surface area contributed by atoms with Crippen LogP contribution in [-0.4, -0.2) is 62.5 Å². The molecule has 1 saturated heterocycles. The van der Waals surface area contributed by atoms with Gasteiger partial charge >= 0.3 is 0 Å². The van der Waals surface area contributed by atoms with Crippen molar-refractivity contribution in [2.75, 3.05) is 50.5 Å². The second kappa shape index (κ2) is 12.6. The molecule has 0 saturated carbocycles. The van der Waals surface area contributed by atoms with Gasteiger partial charge in [-0.05, 0) is 62.1 Å². The number of carbonyl (C=O) groups is 3. The fourth-order valence-electron chi connectivity index (χ4n) is 3.69. The number of nitrogens with zero attached hydrogens (tertiary/aromatic N) is 1. The lowest BCUT2D eigenvalue weighted by Gasteiger charge is -2.26. The van der Waals surface area contributed by atoms with Crippen molar-refractivity contribution in [1.82, 2.24) is 10.2 Å². The fraction of sp³-hybridized carbons (Fsp3) is 0.400. The quantitative estimate of drug-likeness (QED) is 0.481. The molecule has 8 heteroatoms. The average Bonchev–Trinajstić information content (AvgIpc) is 2.85. The Balaban J connectivity index is 1.50. The van der Waals surface area contributed by atoms with E-state index >= 15 is 0 Å². The minimum atomic E-state index is -0.244. The van der Waals surface area contributed by atoms with Gasteiger partial charge in [-0.1, -0.05) is 12.1 Å². The molecule has 0 unspecified atom stereocenters. The van der Waals surface area contributed by atoms with Crippen LogP contribution in [0.15, 0.2) is 48.5 Å². The SMILES string of the molecule is COCCCNC(=O)c1cccc(NCC(=O)Nc2cccc(C(=O)N3CCCCC3)c2)c1. The number of hydrogen-bond acceptors (Lipinski definition) is 5. The second-order valence-electron chi connectivity index (χ2n) is 8.02. The molecule has 3 N–H and O–H groups in total. The lowest BCUT2D eigenvalue weighted by molar-refractivity contribution is -0.114. The standard InChI is InChI=1S/C25H32N4O4/c1-33-15-7-12-26-24(31)19-8-5-10-21(16-19)27-18-23(30)28-22-11-6-9-20(17-22)25(32)29-13-3-2-4-14-29/h5-6,8-11,16-17,27H,2-4,7,12-15,18H2,1H3,(H,26,31)(H,28,30). The Morgan fingerprint density at radius 3 is 2.39 bits per heavy atom. The molecule has 1 aliphatic heterocycles. The van der Waals surface area contributed by atoms with Gasteiger partial charge in [-0.25, -0.2) is 0 Å². The number of carbonyl (C=O) groups excluding carboxylic acids is 3. The summed E-state index contributed by atoms with van der Waals surface area (Å²) < 4.78 is 4.97. The molecule has 1 fully saturated rings. The lowest BCUT2D eigenvalue weighted by atomic mass is 10.1. The summed E-state index contributed by atoms with van der Waals surface area (Å²) in [5.74, 6) is -0.414. The van der Waals surface area contributed by atoms with Gasteiger partial charge < -0.3 is 25.6 Å². The Hall–Kier alpha value is -3.39. The molecule has 8 nitrogen and oxygen atoms in total. The number of amides is 3. The summed E-state index contributed by atoms with van der Waals surface area (Å²) in [4.78, 5) is 39.2. The maximum Gasteiger partial charge on any atom is 0.253 e. The van der Waals surface area contributed by atoms with Crippen molar-refractivity contribution in [2.45, 2.75) is 25.7 Å². The third-order valence-electron chi connectivity index (χ3n) is 5.43. The lowest BCUT2D eigenvalue weighted by Crippen LogP contribution is -2.35. The van der Waals surface area contributed by atoms with Gasteiger partial charge in [0, 0.05) is 55.9 Å². The molecule has 33 heavy (non-hydrogen) atoms. The number of likely N-dealkylation sites (tertiary alicyclic amines) is 1. The molecular weight excluding hydrogens is 420 g/mol. The Morgan fingerprint density at radius 1 is 0.939 bits per heavy atom. The zero-order chi connectivity index (χ0) is 23.5. The van der Waals surface area contributed by atoms with Gasteiger partial charge in [0.2, 0.25) is 5.91 Å². The van der Waals surface area contributed by atoms with Crippen LogP contribution in [0.5, 0.6) is 0 Å². The predicted molar refractivity (Wildman–Crippen MR) is 129 cm³/mol. The maximum atomic E-state index is 12.7. The van der Waals surface area contributed by atoms with E-state index in [1.807, 2.05) is 4.90 Å². The van der Waals surface area contributed by atoms with Crippen LogP contribution in [0.4, 0.5) is 11.4 Å². The fourth-order valence-corrected chi connectivity index (χ4v) is 3.69. The molecule has 0 spiro atoms. The Kier molecular flexibility index (Phi) is 9.26. The van der Waals surface area contributed by atoms with Crippen molar-refractivity contribution in [3.8, 4) is 0 Å². The van der Waals surface area contributed by atoms with Crippen molar-refractivity contribution in [3.05, 3.63) is 59.7 Å². The molecule has 176 valence electrons. The van der Waals surface area contributed by atoms with Gasteiger partial charge in [-0.15, -0.1) is 0 Å². The number of hydrogen-bond donors (Lipinski definition) is 3.